The van der Waals surface area contributed by atoms with E-state index in [-0.39, 0.29) is 5.25 Å². The van der Waals surface area contributed by atoms with Crippen LogP contribution in [0.5, 0.6) is 0 Å². The van der Waals surface area contributed by atoms with Crippen LogP contribution in [0.15, 0.2) is 5.16 Å². The van der Waals surface area contributed by atoms with E-state index in [9.17, 15) is 0 Å². The van der Waals surface area contributed by atoms with Gasteiger partial charge in [-0.1, -0.05) is 11.8 Å². The summed E-state index contributed by atoms with van der Waals surface area (Å²) in [4.78, 5) is 11.4. The maximum atomic E-state index is 6.17. The van der Waals surface area contributed by atoms with Gasteiger partial charge >= 0.3 is 0 Å². The van der Waals surface area contributed by atoms with Crippen LogP contribution in [0.3, 0.4) is 0 Å². The lowest BCUT2D eigenvalue weighted by Gasteiger charge is -2.10. The van der Waals surface area contributed by atoms with E-state index < -0.39 is 0 Å². The third-order valence-corrected chi connectivity index (χ3v) is 6.22. The Bertz CT molecular complexity index is 881. The van der Waals surface area contributed by atoms with E-state index in [1.165, 1.54) is 10.4 Å². The molecule has 120 valence electrons. The molecule has 0 radical (unpaired) electrons. The molecule has 0 saturated heterocycles. The molecular formula is C14H17N7S2. The van der Waals surface area contributed by atoms with Crippen molar-refractivity contribution >= 4 is 39.1 Å². The van der Waals surface area contributed by atoms with Crippen LogP contribution >= 0.6 is 23.1 Å². The molecule has 0 bridgehead atoms. The van der Waals surface area contributed by atoms with Crippen LogP contribution in [0, 0.1) is 13.8 Å². The number of aromatic nitrogens is 6. The van der Waals surface area contributed by atoms with Gasteiger partial charge in [-0.05, 0) is 49.6 Å². The van der Waals surface area contributed by atoms with Crippen LogP contribution < -0.4 is 5.73 Å². The minimum atomic E-state index is 0.0351. The van der Waals surface area contributed by atoms with Gasteiger partial charge in [-0.25, -0.2) is 14.6 Å². The van der Waals surface area contributed by atoms with Crippen LogP contribution in [0.1, 0.15) is 47.3 Å². The molecule has 3 aromatic heterocycles. The third-order valence-electron chi connectivity index (χ3n) is 4.08. The summed E-state index contributed by atoms with van der Waals surface area (Å²) in [7, 11) is 0. The topological polar surface area (TPSA) is 95.4 Å². The Morgan fingerprint density at radius 2 is 2.09 bits per heavy atom. The van der Waals surface area contributed by atoms with Gasteiger partial charge < -0.3 is 5.73 Å². The zero-order chi connectivity index (χ0) is 16.1. The van der Waals surface area contributed by atoms with Crippen molar-refractivity contribution < 1.29 is 0 Å². The second kappa shape index (κ2) is 5.41. The number of nitrogens with zero attached hydrogens (tertiary/aromatic N) is 6. The van der Waals surface area contributed by atoms with Crippen molar-refractivity contribution in [2.75, 3.05) is 5.73 Å². The number of hydrogen-bond donors (Lipinski definition) is 1. The normalized spacial score (nSPS) is 16.1. The number of rotatable bonds is 4. The number of fused-ring (bicyclic) bond motifs is 1. The van der Waals surface area contributed by atoms with E-state index in [4.69, 9.17) is 10.7 Å². The van der Waals surface area contributed by atoms with Crippen molar-refractivity contribution in [2.24, 2.45) is 0 Å². The lowest BCUT2D eigenvalue weighted by Crippen LogP contribution is -2.04. The first-order valence-corrected chi connectivity index (χ1v) is 9.22. The average Bonchev–Trinajstić information content (AvgIpc) is 3.18. The molecule has 1 aliphatic rings. The number of nitrogen functional groups attached to an aromatic ring is 1. The second-order valence-electron chi connectivity index (χ2n) is 5.83. The molecule has 1 atom stereocenters. The first kappa shape index (κ1) is 14.8. The highest BCUT2D eigenvalue weighted by Crippen LogP contribution is 2.40. The minimum Gasteiger partial charge on any atom is -0.383 e. The number of nitrogens with two attached hydrogens (primary N) is 1. The second-order valence-corrected chi connectivity index (χ2v) is 8.34. The SMILES string of the molecule is Cc1sc2nc(C(C)Sc3nnnn3C3CC3)nc(N)c2c1C. The van der Waals surface area contributed by atoms with Crippen molar-refractivity contribution in [2.45, 2.75) is 50.1 Å². The quantitative estimate of drug-likeness (QED) is 0.725. The van der Waals surface area contributed by atoms with E-state index in [1.807, 2.05) is 4.68 Å². The first-order chi connectivity index (χ1) is 11.0. The molecular weight excluding hydrogens is 330 g/mol. The fraction of sp³-hybridized carbons (Fsp3) is 0.500. The van der Waals surface area contributed by atoms with Crippen molar-refractivity contribution in [3.8, 4) is 0 Å². The smallest absolute Gasteiger partial charge is 0.210 e. The molecule has 0 amide bonds. The Hall–Kier alpha value is -1.74. The summed E-state index contributed by atoms with van der Waals surface area (Å²) < 4.78 is 1.91. The number of aryl methyl sites for hydroxylation is 2. The summed E-state index contributed by atoms with van der Waals surface area (Å²) in [5.74, 6) is 1.28. The van der Waals surface area contributed by atoms with E-state index in [1.54, 1.807) is 23.1 Å². The molecule has 9 heteroatoms. The molecule has 4 rings (SSSR count). The highest BCUT2D eigenvalue weighted by molar-refractivity contribution is 7.99. The molecule has 2 N–H and O–H groups in total. The van der Waals surface area contributed by atoms with Crippen LogP contribution in [0.25, 0.3) is 10.2 Å². The van der Waals surface area contributed by atoms with E-state index in [0.717, 1.165) is 34.0 Å². The van der Waals surface area contributed by atoms with Crippen molar-refractivity contribution in [1.82, 2.24) is 30.2 Å². The average molecular weight is 347 g/mol. The van der Waals surface area contributed by atoms with Gasteiger partial charge in [0.05, 0.1) is 16.7 Å². The number of thiophene rings is 1. The summed E-state index contributed by atoms with van der Waals surface area (Å²) in [5.41, 5.74) is 7.34. The van der Waals surface area contributed by atoms with E-state index in [2.05, 4.69) is 41.3 Å². The Morgan fingerprint density at radius 3 is 2.83 bits per heavy atom. The monoisotopic (exact) mass is 347 g/mol. The predicted molar refractivity (Wildman–Crippen MR) is 91.7 cm³/mol. The van der Waals surface area contributed by atoms with Gasteiger partial charge in [0.25, 0.3) is 0 Å². The van der Waals surface area contributed by atoms with Gasteiger partial charge in [-0.15, -0.1) is 16.4 Å². The van der Waals surface area contributed by atoms with Crippen LogP contribution in [0.4, 0.5) is 5.82 Å². The molecule has 1 unspecified atom stereocenters. The lowest BCUT2D eigenvalue weighted by molar-refractivity contribution is 0.564. The number of hydrogen-bond acceptors (Lipinski definition) is 8. The standard InChI is InChI=1S/C14H17N7S2/c1-6-7(2)22-13-10(6)11(15)16-12(17-13)8(3)23-14-18-19-20-21(14)9-4-5-9/h8-9H,4-5H2,1-3H3,(H2,15,16,17). The Balaban J connectivity index is 1.66. The van der Waals surface area contributed by atoms with Crippen molar-refractivity contribution in [1.29, 1.82) is 0 Å². The minimum absolute atomic E-state index is 0.0351. The largest absolute Gasteiger partial charge is 0.383 e. The molecule has 7 nitrogen and oxygen atoms in total. The van der Waals surface area contributed by atoms with E-state index >= 15 is 0 Å². The molecule has 1 saturated carbocycles. The zero-order valence-electron chi connectivity index (χ0n) is 13.1. The number of thioether (sulfide) groups is 1. The maximum Gasteiger partial charge on any atom is 0.210 e. The van der Waals surface area contributed by atoms with Gasteiger partial charge in [0.2, 0.25) is 5.16 Å². The molecule has 3 aromatic rings. The molecule has 0 aromatic carbocycles. The molecule has 0 aliphatic heterocycles. The van der Waals surface area contributed by atoms with Gasteiger partial charge in [-0.3, -0.25) is 0 Å². The van der Waals surface area contributed by atoms with Gasteiger partial charge in [-0.2, -0.15) is 0 Å². The molecule has 1 aliphatic carbocycles. The number of anilines is 1. The highest BCUT2D eigenvalue weighted by Gasteiger charge is 2.29. The Kier molecular flexibility index (Phi) is 3.49. The predicted octanol–water partition coefficient (Wildman–Crippen LogP) is 3.07. The van der Waals surface area contributed by atoms with E-state index in [0.29, 0.717) is 11.9 Å². The lowest BCUT2D eigenvalue weighted by atomic mass is 10.2. The van der Waals surface area contributed by atoms with Crippen molar-refractivity contribution in [3.63, 3.8) is 0 Å². The summed E-state index contributed by atoms with van der Waals surface area (Å²) in [6, 6.07) is 0.454. The van der Waals surface area contributed by atoms with Gasteiger partial charge in [0.15, 0.2) is 0 Å². The summed E-state index contributed by atoms with van der Waals surface area (Å²) >= 11 is 3.24. The summed E-state index contributed by atoms with van der Waals surface area (Å²) in [6.45, 7) is 6.21. The maximum absolute atomic E-state index is 6.17. The Labute approximate surface area is 141 Å². The Morgan fingerprint density at radius 1 is 1.30 bits per heavy atom. The molecule has 3 heterocycles. The van der Waals surface area contributed by atoms with Gasteiger partial charge in [0.1, 0.15) is 16.5 Å². The van der Waals surface area contributed by atoms with Crippen LogP contribution in [-0.2, 0) is 0 Å². The fourth-order valence-electron chi connectivity index (χ4n) is 2.50. The molecule has 23 heavy (non-hydrogen) atoms. The zero-order valence-corrected chi connectivity index (χ0v) is 14.8. The fourth-order valence-corrected chi connectivity index (χ4v) is 4.45. The summed E-state index contributed by atoms with van der Waals surface area (Å²) in [6.07, 6.45) is 2.30. The highest BCUT2D eigenvalue weighted by atomic mass is 32.2. The molecule has 0 spiro atoms. The van der Waals surface area contributed by atoms with Crippen LogP contribution in [-0.4, -0.2) is 30.2 Å². The van der Waals surface area contributed by atoms with Gasteiger partial charge in [0, 0.05) is 4.88 Å². The molecule has 1 fully saturated rings. The van der Waals surface area contributed by atoms with Crippen LogP contribution in [0.2, 0.25) is 0 Å². The van der Waals surface area contributed by atoms with Crippen molar-refractivity contribution in [3.05, 3.63) is 16.3 Å². The summed E-state index contributed by atoms with van der Waals surface area (Å²) in [5, 5.41) is 13.8. The first-order valence-electron chi connectivity index (χ1n) is 7.52. The third kappa shape index (κ3) is 2.57. The number of tetrazole rings is 1.